The third kappa shape index (κ3) is 4.56. The summed E-state index contributed by atoms with van der Waals surface area (Å²) in [4.78, 5) is 15.2. The molecule has 0 bridgehead atoms. The molecular weight excluding hydrogens is 282 g/mol. The van der Waals surface area contributed by atoms with Crippen molar-refractivity contribution < 1.29 is 14.3 Å². The third-order valence-electron chi connectivity index (χ3n) is 3.43. The lowest BCUT2D eigenvalue weighted by Gasteiger charge is -2.12. The van der Waals surface area contributed by atoms with Crippen LogP contribution < -0.4 is 11.1 Å². The van der Waals surface area contributed by atoms with E-state index in [2.05, 4.69) is 10.3 Å². The monoisotopic (exact) mass is 305 g/mol. The summed E-state index contributed by atoms with van der Waals surface area (Å²) in [5.41, 5.74) is 8.08. The number of ether oxygens (including phenoxy) is 2. The molecule has 0 saturated carbocycles. The van der Waals surface area contributed by atoms with Crippen molar-refractivity contribution in [1.82, 2.24) is 10.3 Å². The van der Waals surface area contributed by atoms with Crippen molar-refractivity contribution >= 4 is 16.8 Å². The Balaban J connectivity index is 1.76. The van der Waals surface area contributed by atoms with Gasteiger partial charge in [-0.2, -0.15) is 0 Å². The van der Waals surface area contributed by atoms with E-state index in [1.807, 2.05) is 30.5 Å². The topological polar surface area (TPSA) is 89.4 Å². The van der Waals surface area contributed by atoms with Crippen molar-refractivity contribution in [2.75, 3.05) is 33.5 Å². The number of carbonyl (C=O) groups is 1. The fourth-order valence-electron chi connectivity index (χ4n) is 2.25. The normalized spacial score (nSPS) is 12.5. The Bertz CT molecular complexity index is 597. The third-order valence-corrected chi connectivity index (χ3v) is 3.43. The zero-order valence-electron chi connectivity index (χ0n) is 12.8. The van der Waals surface area contributed by atoms with Gasteiger partial charge in [0.05, 0.1) is 25.9 Å². The van der Waals surface area contributed by atoms with Crippen LogP contribution in [0.15, 0.2) is 30.5 Å². The molecule has 0 aliphatic carbocycles. The molecule has 0 fully saturated rings. The van der Waals surface area contributed by atoms with Crippen LogP contribution in [0.1, 0.15) is 5.56 Å². The second-order valence-corrected chi connectivity index (χ2v) is 5.07. The van der Waals surface area contributed by atoms with E-state index in [1.165, 1.54) is 0 Å². The Labute approximate surface area is 130 Å². The predicted octanol–water partition coefficient (Wildman–Crippen LogP) is 0.817. The van der Waals surface area contributed by atoms with E-state index in [9.17, 15) is 4.79 Å². The molecule has 4 N–H and O–H groups in total. The Hall–Kier alpha value is -1.89. The van der Waals surface area contributed by atoms with Gasteiger partial charge in [-0.15, -0.1) is 0 Å². The second kappa shape index (κ2) is 8.53. The van der Waals surface area contributed by atoms with E-state index in [-0.39, 0.29) is 5.91 Å². The van der Waals surface area contributed by atoms with Crippen LogP contribution in [0.5, 0.6) is 0 Å². The summed E-state index contributed by atoms with van der Waals surface area (Å²) < 4.78 is 10.1. The average Bonchev–Trinajstić information content (AvgIpc) is 2.94. The number of H-pyrrole nitrogens is 1. The zero-order chi connectivity index (χ0) is 15.8. The van der Waals surface area contributed by atoms with E-state index in [0.29, 0.717) is 32.8 Å². The number of hydrogen-bond acceptors (Lipinski definition) is 4. The number of nitrogens with two attached hydrogens (primary N) is 1. The van der Waals surface area contributed by atoms with Gasteiger partial charge in [-0.1, -0.05) is 18.2 Å². The van der Waals surface area contributed by atoms with E-state index >= 15 is 0 Å². The van der Waals surface area contributed by atoms with E-state index in [0.717, 1.165) is 16.5 Å². The SMILES string of the molecule is COCCOCCNC(=O)[C@@H](N)Cc1c[nH]c2ccccc12. The quantitative estimate of drug-likeness (QED) is 0.598. The smallest absolute Gasteiger partial charge is 0.237 e. The lowest BCUT2D eigenvalue weighted by atomic mass is 10.1. The lowest BCUT2D eigenvalue weighted by Crippen LogP contribution is -2.43. The molecular formula is C16H23N3O3. The van der Waals surface area contributed by atoms with Crippen LogP contribution in [-0.2, 0) is 20.7 Å². The number of amides is 1. The maximum atomic E-state index is 12.0. The van der Waals surface area contributed by atoms with Gasteiger partial charge in [0, 0.05) is 30.8 Å². The fourth-order valence-corrected chi connectivity index (χ4v) is 2.25. The first kappa shape index (κ1) is 16.5. The first-order chi connectivity index (χ1) is 10.7. The Morgan fingerprint density at radius 3 is 2.95 bits per heavy atom. The largest absolute Gasteiger partial charge is 0.382 e. The van der Waals surface area contributed by atoms with Crippen LogP contribution in [0.4, 0.5) is 0 Å². The van der Waals surface area contributed by atoms with E-state index < -0.39 is 6.04 Å². The number of rotatable bonds is 9. The standard InChI is InChI=1S/C16H23N3O3/c1-21-8-9-22-7-6-18-16(20)14(17)10-12-11-19-15-5-3-2-4-13(12)15/h2-5,11,14,19H,6-10,17H2,1H3,(H,18,20)/t14-/m0/s1. The maximum absolute atomic E-state index is 12.0. The van der Waals surface area contributed by atoms with Gasteiger partial charge in [-0.25, -0.2) is 0 Å². The van der Waals surface area contributed by atoms with Crippen LogP contribution in [0.25, 0.3) is 10.9 Å². The summed E-state index contributed by atoms with van der Waals surface area (Å²) in [5, 5.41) is 3.89. The minimum absolute atomic E-state index is 0.166. The van der Waals surface area contributed by atoms with Crippen LogP contribution in [0.3, 0.4) is 0 Å². The first-order valence-electron chi connectivity index (χ1n) is 7.37. The maximum Gasteiger partial charge on any atom is 0.237 e. The number of aromatic nitrogens is 1. The first-order valence-corrected chi connectivity index (χ1v) is 7.37. The van der Waals surface area contributed by atoms with Crippen LogP contribution in [-0.4, -0.2) is 50.4 Å². The Morgan fingerprint density at radius 1 is 1.32 bits per heavy atom. The summed E-state index contributed by atoms with van der Waals surface area (Å²) in [6, 6.07) is 7.40. The van der Waals surface area contributed by atoms with Gasteiger partial charge in [0.25, 0.3) is 0 Å². The van der Waals surface area contributed by atoms with E-state index in [4.69, 9.17) is 15.2 Å². The molecule has 1 aromatic carbocycles. The zero-order valence-corrected chi connectivity index (χ0v) is 12.8. The van der Waals surface area contributed by atoms with Crippen molar-refractivity contribution in [2.24, 2.45) is 5.73 Å². The fraction of sp³-hybridized carbons (Fsp3) is 0.438. The van der Waals surface area contributed by atoms with Crippen molar-refractivity contribution in [3.05, 3.63) is 36.0 Å². The molecule has 120 valence electrons. The number of nitrogens with one attached hydrogen (secondary N) is 2. The van der Waals surface area contributed by atoms with Crippen LogP contribution in [0.2, 0.25) is 0 Å². The highest BCUT2D eigenvalue weighted by Gasteiger charge is 2.15. The molecule has 6 nitrogen and oxygen atoms in total. The van der Waals surface area contributed by atoms with Crippen molar-refractivity contribution in [3.63, 3.8) is 0 Å². The molecule has 22 heavy (non-hydrogen) atoms. The van der Waals surface area contributed by atoms with Gasteiger partial charge in [0.1, 0.15) is 0 Å². The molecule has 0 spiro atoms. The Morgan fingerprint density at radius 2 is 2.14 bits per heavy atom. The molecule has 1 amide bonds. The summed E-state index contributed by atoms with van der Waals surface area (Å²) in [6.07, 6.45) is 2.41. The van der Waals surface area contributed by atoms with Gasteiger partial charge >= 0.3 is 0 Å². The highest BCUT2D eigenvalue weighted by Crippen LogP contribution is 2.18. The molecule has 0 saturated heterocycles. The number of hydrogen-bond donors (Lipinski definition) is 3. The lowest BCUT2D eigenvalue weighted by molar-refractivity contribution is -0.122. The molecule has 1 atom stereocenters. The minimum atomic E-state index is -0.571. The molecule has 0 aliphatic rings. The predicted molar refractivity (Wildman–Crippen MR) is 85.7 cm³/mol. The van der Waals surface area contributed by atoms with Gasteiger partial charge in [0.2, 0.25) is 5.91 Å². The highest BCUT2D eigenvalue weighted by atomic mass is 16.5. The molecule has 2 rings (SSSR count). The molecule has 1 heterocycles. The summed E-state index contributed by atoms with van der Waals surface area (Å²) in [5.74, 6) is -0.166. The van der Waals surface area contributed by atoms with Crippen LogP contribution in [0, 0.1) is 0 Å². The molecule has 0 radical (unpaired) electrons. The summed E-state index contributed by atoms with van der Waals surface area (Å²) in [6.45, 7) is 1.97. The molecule has 0 unspecified atom stereocenters. The molecule has 1 aromatic heterocycles. The molecule has 2 aromatic rings. The number of benzene rings is 1. The van der Waals surface area contributed by atoms with Gasteiger partial charge in [-0.05, 0) is 18.1 Å². The van der Waals surface area contributed by atoms with Crippen molar-refractivity contribution in [1.29, 1.82) is 0 Å². The summed E-state index contributed by atoms with van der Waals surface area (Å²) in [7, 11) is 1.62. The van der Waals surface area contributed by atoms with Crippen molar-refractivity contribution in [3.8, 4) is 0 Å². The number of fused-ring (bicyclic) bond motifs is 1. The number of aromatic amines is 1. The Kier molecular flexibility index (Phi) is 6.39. The average molecular weight is 305 g/mol. The summed E-state index contributed by atoms with van der Waals surface area (Å²) >= 11 is 0. The minimum Gasteiger partial charge on any atom is -0.382 e. The second-order valence-electron chi connectivity index (χ2n) is 5.07. The van der Waals surface area contributed by atoms with Gasteiger partial charge in [0.15, 0.2) is 0 Å². The number of para-hydroxylation sites is 1. The number of methoxy groups -OCH3 is 1. The molecule has 6 heteroatoms. The molecule has 0 aliphatic heterocycles. The number of carbonyl (C=O) groups excluding carboxylic acids is 1. The van der Waals surface area contributed by atoms with Gasteiger partial charge < -0.3 is 25.5 Å². The van der Waals surface area contributed by atoms with Crippen molar-refractivity contribution in [2.45, 2.75) is 12.5 Å². The van der Waals surface area contributed by atoms with Crippen LogP contribution >= 0.6 is 0 Å². The van der Waals surface area contributed by atoms with Gasteiger partial charge in [-0.3, -0.25) is 4.79 Å². The van der Waals surface area contributed by atoms with E-state index in [1.54, 1.807) is 7.11 Å². The highest BCUT2D eigenvalue weighted by molar-refractivity contribution is 5.86.